The molecule has 0 spiro atoms. The molecule has 9 heteroatoms. The summed E-state index contributed by atoms with van der Waals surface area (Å²) in [5.41, 5.74) is 5.33. The van der Waals surface area contributed by atoms with Crippen LogP contribution in [0, 0.1) is 6.92 Å². The van der Waals surface area contributed by atoms with Crippen LogP contribution in [0.3, 0.4) is 0 Å². The third-order valence-corrected chi connectivity index (χ3v) is 4.03. The van der Waals surface area contributed by atoms with Gasteiger partial charge in [-0.2, -0.15) is 0 Å². The predicted molar refractivity (Wildman–Crippen MR) is 70.4 cm³/mol. The van der Waals surface area contributed by atoms with E-state index in [-0.39, 0.29) is 17.3 Å². The van der Waals surface area contributed by atoms with Crippen LogP contribution >= 0.6 is 0 Å². The molecule has 19 heavy (non-hydrogen) atoms. The molecule has 1 atom stereocenters. The minimum Gasteiger partial charge on any atom is -0.409 e. The molecule has 0 aliphatic heterocycles. The van der Waals surface area contributed by atoms with Crippen molar-refractivity contribution in [3.8, 4) is 0 Å². The van der Waals surface area contributed by atoms with Gasteiger partial charge in [0.2, 0.25) is 0 Å². The summed E-state index contributed by atoms with van der Waals surface area (Å²) in [6.45, 7) is 5.91. The van der Waals surface area contributed by atoms with Gasteiger partial charge in [0.25, 0.3) is 10.0 Å². The SMILES string of the molecule is CCn1cc(S(=O)(=O)NC(C)CC(N)=NO)nc1C. The van der Waals surface area contributed by atoms with Crippen molar-refractivity contribution in [1.82, 2.24) is 14.3 Å². The number of hydrogen-bond acceptors (Lipinski definition) is 5. The number of sulfonamides is 1. The number of imidazole rings is 1. The van der Waals surface area contributed by atoms with Gasteiger partial charge in [-0.3, -0.25) is 0 Å². The van der Waals surface area contributed by atoms with Crippen LogP contribution in [-0.2, 0) is 16.6 Å². The number of aryl methyl sites for hydroxylation is 2. The Morgan fingerprint density at radius 1 is 1.68 bits per heavy atom. The molecule has 1 unspecified atom stereocenters. The number of rotatable bonds is 6. The summed E-state index contributed by atoms with van der Waals surface area (Å²) in [5, 5.41) is 11.2. The maximum absolute atomic E-state index is 12.1. The zero-order valence-electron chi connectivity index (χ0n) is 11.2. The van der Waals surface area contributed by atoms with Gasteiger partial charge in [0.1, 0.15) is 11.7 Å². The first-order valence-electron chi connectivity index (χ1n) is 5.82. The molecule has 0 amide bonds. The fraction of sp³-hybridized carbons (Fsp3) is 0.600. The molecule has 1 rings (SSSR count). The maximum atomic E-state index is 12.1. The summed E-state index contributed by atoms with van der Waals surface area (Å²) in [4.78, 5) is 4.01. The summed E-state index contributed by atoms with van der Waals surface area (Å²) in [7, 11) is -3.70. The van der Waals surface area contributed by atoms with Gasteiger partial charge < -0.3 is 15.5 Å². The van der Waals surface area contributed by atoms with Gasteiger partial charge in [-0.25, -0.2) is 18.1 Å². The zero-order chi connectivity index (χ0) is 14.6. The van der Waals surface area contributed by atoms with Crippen LogP contribution in [0.5, 0.6) is 0 Å². The number of nitrogens with one attached hydrogen (secondary N) is 1. The van der Waals surface area contributed by atoms with Gasteiger partial charge in [0, 0.05) is 25.2 Å². The van der Waals surface area contributed by atoms with Crippen molar-refractivity contribution in [2.75, 3.05) is 0 Å². The van der Waals surface area contributed by atoms with Crippen molar-refractivity contribution in [3.63, 3.8) is 0 Å². The van der Waals surface area contributed by atoms with E-state index < -0.39 is 16.1 Å². The quantitative estimate of drug-likeness (QED) is 0.295. The molecule has 1 aromatic rings. The Morgan fingerprint density at radius 3 is 2.79 bits per heavy atom. The van der Waals surface area contributed by atoms with Crippen LogP contribution in [0.15, 0.2) is 16.4 Å². The molecule has 0 radical (unpaired) electrons. The number of aromatic nitrogens is 2. The summed E-state index contributed by atoms with van der Waals surface area (Å²) < 4.78 is 28.3. The van der Waals surface area contributed by atoms with E-state index in [1.165, 1.54) is 6.20 Å². The molecule has 0 saturated heterocycles. The summed E-state index contributed by atoms with van der Waals surface area (Å²) in [5.74, 6) is 0.595. The zero-order valence-corrected chi connectivity index (χ0v) is 12.0. The van der Waals surface area contributed by atoms with E-state index in [1.54, 1.807) is 18.4 Å². The number of nitrogens with two attached hydrogens (primary N) is 1. The molecule has 8 nitrogen and oxygen atoms in total. The normalized spacial score (nSPS) is 14.6. The average Bonchev–Trinajstić information content (AvgIpc) is 2.70. The molecule has 0 fully saturated rings. The van der Waals surface area contributed by atoms with Crippen LogP contribution in [0.25, 0.3) is 0 Å². The highest BCUT2D eigenvalue weighted by molar-refractivity contribution is 7.89. The van der Waals surface area contributed by atoms with E-state index in [0.29, 0.717) is 12.4 Å². The van der Waals surface area contributed by atoms with Gasteiger partial charge in [-0.15, -0.1) is 0 Å². The van der Waals surface area contributed by atoms with E-state index in [2.05, 4.69) is 14.9 Å². The predicted octanol–water partition coefficient (Wildman–Crippen LogP) is 0.0147. The number of oxime groups is 1. The van der Waals surface area contributed by atoms with Crippen molar-refractivity contribution < 1.29 is 13.6 Å². The first-order valence-corrected chi connectivity index (χ1v) is 7.31. The first-order chi connectivity index (χ1) is 8.80. The second-order valence-corrected chi connectivity index (χ2v) is 5.89. The smallest absolute Gasteiger partial charge is 0.259 e. The van der Waals surface area contributed by atoms with Gasteiger partial charge in [-0.05, 0) is 20.8 Å². The topological polar surface area (TPSA) is 123 Å². The van der Waals surface area contributed by atoms with Gasteiger partial charge in [0.05, 0.1) is 0 Å². The minimum absolute atomic E-state index is 0.0294. The lowest BCUT2D eigenvalue weighted by Gasteiger charge is -2.11. The van der Waals surface area contributed by atoms with Crippen LogP contribution in [-0.4, -0.2) is 35.1 Å². The number of amidine groups is 1. The molecule has 4 N–H and O–H groups in total. The van der Waals surface area contributed by atoms with E-state index >= 15 is 0 Å². The Kier molecular flexibility index (Phi) is 4.90. The Balaban J connectivity index is 2.86. The van der Waals surface area contributed by atoms with Crippen molar-refractivity contribution in [3.05, 3.63) is 12.0 Å². The summed E-state index contributed by atoms with van der Waals surface area (Å²) in [6.07, 6.45) is 1.59. The molecular formula is C10H19N5O3S. The van der Waals surface area contributed by atoms with Gasteiger partial charge >= 0.3 is 0 Å². The largest absolute Gasteiger partial charge is 0.409 e. The van der Waals surface area contributed by atoms with E-state index in [4.69, 9.17) is 10.9 Å². The van der Waals surface area contributed by atoms with Crippen LogP contribution < -0.4 is 10.5 Å². The minimum atomic E-state index is -3.70. The molecule has 0 saturated carbocycles. The monoisotopic (exact) mass is 289 g/mol. The molecule has 108 valence electrons. The maximum Gasteiger partial charge on any atom is 0.259 e. The second kappa shape index (κ2) is 6.02. The highest BCUT2D eigenvalue weighted by atomic mass is 32.2. The van der Waals surface area contributed by atoms with Crippen LogP contribution in [0.2, 0.25) is 0 Å². The molecule has 1 aromatic heterocycles. The Hall–Kier alpha value is -1.61. The van der Waals surface area contributed by atoms with Crippen molar-refractivity contribution in [2.45, 2.75) is 44.8 Å². The lowest BCUT2D eigenvalue weighted by atomic mass is 10.2. The Labute approximate surface area is 112 Å². The standard InChI is InChI=1S/C10H19N5O3S/c1-4-15-6-10(12-8(15)3)19(17,18)14-7(2)5-9(11)13-16/h6-7,14,16H,4-5H2,1-3H3,(H2,11,13). The van der Waals surface area contributed by atoms with Gasteiger partial charge in [0.15, 0.2) is 5.03 Å². The molecule has 0 aliphatic rings. The summed E-state index contributed by atoms with van der Waals surface area (Å²) >= 11 is 0. The molecule has 0 bridgehead atoms. The average molecular weight is 289 g/mol. The van der Waals surface area contributed by atoms with Crippen LogP contribution in [0.4, 0.5) is 0 Å². The van der Waals surface area contributed by atoms with Crippen molar-refractivity contribution in [1.29, 1.82) is 0 Å². The van der Waals surface area contributed by atoms with Crippen LogP contribution in [0.1, 0.15) is 26.1 Å². The molecule has 1 heterocycles. The fourth-order valence-electron chi connectivity index (χ4n) is 1.65. The highest BCUT2D eigenvalue weighted by Crippen LogP contribution is 2.10. The molecule has 0 aliphatic carbocycles. The number of hydrogen-bond donors (Lipinski definition) is 3. The van der Waals surface area contributed by atoms with E-state index in [0.717, 1.165) is 0 Å². The molecule has 0 aromatic carbocycles. The highest BCUT2D eigenvalue weighted by Gasteiger charge is 2.21. The molecular weight excluding hydrogens is 270 g/mol. The fourth-order valence-corrected chi connectivity index (χ4v) is 2.90. The summed E-state index contributed by atoms with van der Waals surface area (Å²) in [6, 6.07) is -0.493. The third-order valence-electron chi connectivity index (χ3n) is 2.57. The Bertz CT molecular complexity index is 564. The lowest BCUT2D eigenvalue weighted by Crippen LogP contribution is -2.36. The van der Waals surface area contributed by atoms with Crippen molar-refractivity contribution >= 4 is 15.9 Å². The first kappa shape index (κ1) is 15.4. The van der Waals surface area contributed by atoms with E-state index in [9.17, 15) is 8.42 Å². The lowest BCUT2D eigenvalue weighted by molar-refractivity contribution is 0.316. The Morgan fingerprint density at radius 2 is 2.32 bits per heavy atom. The van der Waals surface area contributed by atoms with Gasteiger partial charge in [-0.1, -0.05) is 5.16 Å². The number of nitrogens with zero attached hydrogens (tertiary/aromatic N) is 3. The van der Waals surface area contributed by atoms with Crippen molar-refractivity contribution in [2.24, 2.45) is 10.9 Å². The third kappa shape index (κ3) is 3.93. The second-order valence-electron chi connectivity index (χ2n) is 4.23. The van der Waals surface area contributed by atoms with E-state index in [1.807, 2.05) is 6.92 Å².